The Morgan fingerprint density at radius 1 is 1.28 bits per heavy atom. The second-order valence-corrected chi connectivity index (χ2v) is 5.44. The van der Waals surface area contributed by atoms with E-state index in [0.717, 1.165) is 23.3 Å². The van der Waals surface area contributed by atoms with Crippen LogP contribution in [-0.4, -0.2) is 7.11 Å². The zero-order chi connectivity index (χ0) is 13.7. The van der Waals surface area contributed by atoms with Gasteiger partial charge in [-0.15, -0.1) is 0 Å². The van der Waals surface area contributed by atoms with Crippen LogP contribution < -0.4 is 4.74 Å². The van der Waals surface area contributed by atoms with Gasteiger partial charge >= 0.3 is 0 Å². The molecule has 0 N–H and O–H groups in total. The first-order valence-electron chi connectivity index (χ1n) is 6.53. The molecule has 0 aliphatic carbocycles. The summed E-state index contributed by atoms with van der Waals surface area (Å²) in [7, 11) is 1.67. The van der Waals surface area contributed by atoms with Gasteiger partial charge in [0.2, 0.25) is 0 Å². The molecule has 18 heavy (non-hydrogen) atoms. The first kappa shape index (κ1) is 14.6. The Hall–Kier alpha value is -1.49. The molecule has 98 valence electrons. The highest BCUT2D eigenvalue weighted by molar-refractivity contribution is 5.39. The molecule has 1 aromatic carbocycles. The number of rotatable bonds is 5. The average Bonchev–Trinajstić information content (AvgIpc) is 2.31. The van der Waals surface area contributed by atoms with Crippen molar-refractivity contribution in [2.45, 2.75) is 40.0 Å². The minimum absolute atomic E-state index is 0.0538. The quantitative estimate of drug-likeness (QED) is 0.775. The van der Waals surface area contributed by atoms with Crippen molar-refractivity contribution < 1.29 is 4.74 Å². The van der Waals surface area contributed by atoms with Gasteiger partial charge in [0, 0.05) is 0 Å². The second kappa shape index (κ2) is 6.44. The molecular weight excluding hydrogens is 222 g/mol. The Balaban J connectivity index is 2.99. The average molecular weight is 245 g/mol. The fourth-order valence-electron chi connectivity index (χ4n) is 2.44. The number of ether oxygens (including phenoxy) is 1. The summed E-state index contributed by atoms with van der Waals surface area (Å²) in [4.78, 5) is 0. The number of benzene rings is 1. The van der Waals surface area contributed by atoms with E-state index in [1.165, 1.54) is 0 Å². The Bertz CT molecular complexity index is 431. The second-order valence-electron chi connectivity index (χ2n) is 5.44. The fraction of sp³-hybridized carbons (Fsp3) is 0.562. The maximum atomic E-state index is 9.40. The zero-order valence-electron chi connectivity index (χ0n) is 12.0. The van der Waals surface area contributed by atoms with Crippen LogP contribution in [0.5, 0.6) is 5.75 Å². The summed E-state index contributed by atoms with van der Waals surface area (Å²) in [5.74, 6) is 1.79. The molecule has 0 heterocycles. The van der Waals surface area contributed by atoms with Crippen LogP contribution in [0.4, 0.5) is 0 Å². The molecule has 0 amide bonds. The third-order valence-electron chi connectivity index (χ3n) is 3.34. The van der Waals surface area contributed by atoms with Gasteiger partial charge in [0.05, 0.1) is 19.1 Å². The highest BCUT2D eigenvalue weighted by atomic mass is 16.5. The van der Waals surface area contributed by atoms with E-state index in [0.29, 0.717) is 11.8 Å². The van der Waals surface area contributed by atoms with E-state index in [4.69, 9.17) is 4.74 Å². The van der Waals surface area contributed by atoms with Gasteiger partial charge < -0.3 is 4.74 Å². The van der Waals surface area contributed by atoms with E-state index in [1.54, 1.807) is 7.11 Å². The van der Waals surface area contributed by atoms with Gasteiger partial charge in [0.15, 0.2) is 0 Å². The monoisotopic (exact) mass is 245 g/mol. The largest absolute Gasteiger partial charge is 0.496 e. The van der Waals surface area contributed by atoms with Crippen molar-refractivity contribution in [1.29, 1.82) is 5.26 Å². The summed E-state index contributed by atoms with van der Waals surface area (Å²) in [6.45, 7) is 8.56. The van der Waals surface area contributed by atoms with Crippen molar-refractivity contribution in [3.63, 3.8) is 0 Å². The third-order valence-corrected chi connectivity index (χ3v) is 3.34. The van der Waals surface area contributed by atoms with Gasteiger partial charge in [-0.1, -0.05) is 32.9 Å². The van der Waals surface area contributed by atoms with Crippen LogP contribution in [0.25, 0.3) is 0 Å². The number of hydrogen-bond donors (Lipinski definition) is 0. The Morgan fingerprint density at radius 3 is 2.44 bits per heavy atom. The van der Waals surface area contributed by atoms with Crippen molar-refractivity contribution in [3.05, 3.63) is 29.3 Å². The van der Waals surface area contributed by atoms with Crippen LogP contribution in [0.1, 0.15) is 44.2 Å². The van der Waals surface area contributed by atoms with Gasteiger partial charge in [0.25, 0.3) is 0 Å². The number of aryl methyl sites for hydroxylation is 1. The van der Waals surface area contributed by atoms with E-state index >= 15 is 0 Å². The van der Waals surface area contributed by atoms with Crippen molar-refractivity contribution in [2.75, 3.05) is 7.11 Å². The summed E-state index contributed by atoms with van der Waals surface area (Å²) in [5.41, 5.74) is 2.17. The Kier molecular flexibility index (Phi) is 5.22. The Labute approximate surface area is 111 Å². The molecule has 0 radical (unpaired) electrons. The highest BCUT2D eigenvalue weighted by Gasteiger charge is 2.20. The molecule has 2 atom stereocenters. The lowest BCUT2D eigenvalue weighted by molar-refractivity contribution is 0.402. The molecule has 0 bridgehead atoms. The smallest absolute Gasteiger partial charge is 0.122 e. The van der Waals surface area contributed by atoms with Crippen LogP contribution in [0, 0.1) is 30.1 Å². The first-order chi connectivity index (χ1) is 8.49. The molecule has 0 aliphatic rings. The van der Waals surface area contributed by atoms with Gasteiger partial charge in [-0.05, 0) is 42.4 Å². The van der Waals surface area contributed by atoms with Crippen molar-refractivity contribution in [1.82, 2.24) is 0 Å². The van der Waals surface area contributed by atoms with Gasteiger partial charge in [-0.3, -0.25) is 0 Å². The predicted molar refractivity (Wildman–Crippen MR) is 74.7 cm³/mol. The minimum Gasteiger partial charge on any atom is -0.496 e. The first-order valence-corrected chi connectivity index (χ1v) is 6.53. The van der Waals surface area contributed by atoms with Crippen LogP contribution in [-0.2, 0) is 0 Å². The molecule has 2 nitrogen and oxygen atoms in total. The lowest BCUT2D eigenvalue weighted by atomic mass is 9.83. The number of nitrogens with zero attached hydrogens (tertiary/aromatic N) is 1. The minimum atomic E-state index is -0.0538. The fourth-order valence-corrected chi connectivity index (χ4v) is 2.44. The molecule has 1 aromatic rings. The van der Waals surface area contributed by atoms with E-state index in [-0.39, 0.29) is 5.92 Å². The molecule has 0 aliphatic heterocycles. The molecule has 0 saturated heterocycles. The number of methoxy groups -OCH3 is 1. The standard InChI is InChI=1S/C16H23NO/c1-11(2)8-13(4)15(10-17)14-7-6-12(3)16(9-14)18-5/h6-7,9,11,13,15H,8H2,1-5H3. The highest BCUT2D eigenvalue weighted by Crippen LogP contribution is 2.31. The van der Waals surface area contributed by atoms with Gasteiger partial charge in [-0.25, -0.2) is 0 Å². The molecule has 0 aromatic heterocycles. The van der Waals surface area contributed by atoms with Crippen LogP contribution in [0.3, 0.4) is 0 Å². The summed E-state index contributed by atoms with van der Waals surface area (Å²) in [6, 6.07) is 8.51. The van der Waals surface area contributed by atoms with E-state index in [2.05, 4.69) is 26.8 Å². The van der Waals surface area contributed by atoms with Gasteiger partial charge in [0.1, 0.15) is 5.75 Å². The summed E-state index contributed by atoms with van der Waals surface area (Å²) in [5, 5.41) is 9.40. The zero-order valence-corrected chi connectivity index (χ0v) is 12.0. The Morgan fingerprint density at radius 2 is 1.94 bits per heavy atom. The van der Waals surface area contributed by atoms with Crippen molar-refractivity contribution >= 4 is 0 Å². The molecule has 0 fully saturated rings. The summed E-state index contributed by atoms with van der Waals surface area (Å²) in [6.07, 6.45) is 1.06. The van der Waals surface area contributed by atoms with Gasteiger partial charge in [-0.2, -0.15) is 5.26 Å². The lowest BCUT2D eigenvalue weighted by Gasteiger charge is -2.20. The van der Waals surface area contributed by atoms with Crippen molar-refractivity contribution in [3.8, 4) is 11.8 Å². The molecular formula is C16H23NO. The molecule has 0 spiro atoms. The maximum absolute atomic E-state index is 9.40. The normalized spacial score (nSPS) is 14.1. The lowest BCUT2D eigenvalue weighted by Crippen LogP contribution is -2.11. The van der Waals surface area contributed by atoms with E-state index in [9.17, 15) is 5.26 Å². The molecule has 1 rings (SSSR count). The van der Waals surface area contributed by atoms with E-state index < -0.39 is 0 Å². The predicted octanol–water partition coefficient (Wildman–Crippen LogP) is 4.29. The van der Waals surface area contributed by atoms with Crippen LogP contribution in [0.15, 0.2) is 18.2 Å². The number of hydrogen-bond acceptors (Lipinski definition) is 2. The van der Waals surface area contributed by atoms with Crippen molar-refractivity contribution in [2.24, 2.45) is 11.8 Å². The molecule has 0 saturated carbocycles. The maximum Gasteiger partial charge on any atom is 0.122 e. The SMILES string of the molecule is COc1cc(C(C#N)C(C)CC(C)C)ccc1C. The van der Waals surface area contributed by atoms with Crippen LogP contribution in [0.2, 0.25) is 0 Å². The third kappa shape index (κ3) is 3.50. The summed E-state index contributed by atoms with van der Waals surface area (Å²) >= 11 is 0. The number of nitriles is 1. The van der Waals surface area contributed by atoms with Crippen LogP contribution >= 0.6 is 0 Å². The van der Waals surface area contributed by atoms with E-state index in [1.807, 2.05) is 25.1 Å². The topological polar surface area (TPSA) is 33.0 Å². The molecule has 2 unspecified atom stereocenters. The summed E-state index contributed by atoms with van der Waals surface area (Å²) < 4.78 is 5.33. The molecule has 2 heteroatoms.